The van der Waals surface area contributed by atoms with E-state index in [4.69, 9.17) is 5.11 Å². The predicted octanol–water partition coefficient (Wildman–Crippen LogP) is 1.58. The van der Waals surface area contributed by atoms with Crippen LogP contribution in [0.1, 0.15) is 44.9 Å². The molecule has 3 rings (SSSR count). The number of rotatable bonds is 3. The molecule has 2 aliphatic heterocycles. The molecule has 2 bridgehead atoms. The molecule has 0 aromatic carbocycles. The van der Waals surface area contributed by atoms with E-state index in [0.717, 1.165) is 38.5 Å². The summed E-state index contributed by atoms with van der Waals surface area (Å²) in [5.41, 5.74) is 0. The molecule has 2 heterocycles. The molecule has 3 aliphatic rings. The van der Waals surface area contributed by atoms with Gasteiger partial charge in [-0.3, -0.25) is 4.79 Å². The number of carboxylic acid groups (broad SMARTS) is 1. The van der Waals surface area contributed by atoms with Crippen LogP contribution in [0.3, 0.4) is 0 Å². The number of hydrogen-bond donors (Lipinski definition) is 2. The summed E-state index contributed by atoms with van der Waals surface area (Å²) in [5, 5.41) is 11.9. The molecule has 0 radical (unpaired) electrons. The molecule has 100 valence electrons. The van der Waals surface area contributed by atoms with Gasteiger partial charge in [0.1, 0.15) is 0 Å². The lowest BCUT2D eigenvalue weighted by Crippen LogP contribution is -2.51. The fraction of sp³-hybridized carbons (Fsp3) is 0.846. The van der Waals surface area contributed by atoms with Gasteiger partial charge in [0.15, 0.2) is 0 Å². The van der Waals surface area contributed by atoms with Gasteiger partial charge in [-0.05, 0) is 44.4 Å². The van der Waals surface area contributed by atoms with Crippen molar-refractivity contribution in [2.75, 3.05) is 0 Å². The average molecular weight is 252 g/mol. The molecular formula is C13H20N2O3. The lowest BCUT2D eigenvalue weighted by Gasteiger charge is -2.38. The van der Waals surface area contributed by atoms with Crippen LogP contribution in [-0.2, 0) is 4.79 Å². The van der Waals surface area contributed by atoms with Gasteiger partial charge in [-0.25, -0.2) is 4.79 Å². The number of amides is 2. The Bertz CT molecular complexity index is 353. The Labute approximate surface area is 107 Å². The fourth-order valence-electron chi connectivity index (χ4n) is 3.51. The summed E-state index contributed by atoms with van der Waals surface area (Å²) >= 11 is 0. The Morgan fingerprint density at radius 1 is 1.11 bits per heavy atom. The number of nitrogens with zero attached hydrogens (tertiary/aromatic N) is 1. The number of carbonyl (C=O) groups is 2. The average Bonchev–Trinajstić information content (AvgIpc) is 3.04. The number of hydrogen-bond acceptors (Lipinski definition) is 2. The number of nitrogens with one attached hydrogen (secondary N) is 1. The third-order valence-electron chi connectivity index (χ3n) is 4.43. The van der Waals surface area contributed by atoms with Gasteiger partial charge < -0.3 is 15.3 Å². The minimum atomic E-state index is -0.713. The number of piperidine rings is 1. The van der Waals surface area contributed by atoms with Gasteiger partial charge in [-0.15, -0.1) is 0 Å². The van der Waals surface area contributed by atoms with Gasteiger partial charge in [0.25, 0.3) is 0 Å². The van der Waals surface area contributed by atoms with Gasteiger partial charge in [-0.1, -0.05) is 0 Å². The monoisotopic (exact) mass is 252 g/mol. The Kier molecular flexibility index (Phi) is 2.92. The maximum atomic E-state index is 12.1. The van der Waals surface area contributed by atoms with Crippen molar-refractivity contribution in [3.05, 3.63) is 0 Å². The third-order valence-corrected chi connectivity index (χ3v) is 4.43. The van der Waals surface area contributed by atoms with Crippen LogP contribution in [0.15, 0.2) is 0 Å². The van der Waals surface area contributed by atoms with Crippen LogP contribution in [0.5, 0.6) is 0 Å². The van der Waals surface area contributed by atoms with Gasteiger partial charge in [0.05, 0.1) is 0 Å². The zero-order valence-corrected chi connectivity index (χ0v) is 10.5. The summed E-state index contributed by atoms with van der Waals surface area (Å²) in [6.45, 7) is 0. The fourth-order valence-corrected chi connectivity index (χ4v) is 3.51. The van der Waals surface area contributed by atoms with Crippen molar-refractivity contribution in [3.63, 3.8) is 0 Å². The number of urea groups is 1. The van der Waals surface area contributed by atoms with E-state index in [1.807, 2.05) is 4.90 Å². The van der Waals surface area contributed by atoms with Gasteiger partial charge in [0.2, 0.25) is 0 Å². The van der Waals surface area contributed by atoms with Crippen molar-refractivity contribution in [1.82, 2.24) is 10.2 Å². The minimum absolute atomic E-state index is 0.0822. The Balaban J connectivity index is 1.61. The molecule has 2 unspecified atom stereocenters. The highest BCUT2D eigenvalue weighted by Crippen LogP contribution is 2.40. The highest BCUT2D eigenvalue weighted by Gasteiger charge is 2.44. The van der Waals surface area contributed by atoms with Crippen LogP contribution in [-0.4, -0.2) is 40.1 Å². The van der Waals surface area contributed by atoms with Crippen LogP contribution in [0.25, 0.3) is 0 Å². The van der Waals surface area contributed by atoms with Crippen molar-refractivity contribution in [2.45, 2.75) is 63.1 Å². The van der Waals surface area contributed by atoms with Crippen LogP contribution < -0.4 is 5.32 Å². The first kappa shape index (κ1) is 11.8. The third kappa shape index (κ3) is 2.31. The molecule has 0 aromatic rings. The van der Waals surface area contributed by atoms with E-state index in [2.05, 4.69) is 5.32 Å². The summed E-state index contributed by atoms with van der Waals surface area (Å²) in [7, 11) is 0. The molecule has 2 N–H and O–H groups in total. The van der Waals surface area contributed by atoms with Crippen LogP contribution in [0.2, 0.25) is 0 Å². The van der Waals surface area contributed by atoms with E-state index in [1.54, 1.807) is 0 Å². The van der Waals surface area contributed by atoms with Crippen molar-refractivity contribution in [2.24, 2.45) is 5.92 Å². The predicted molar refractivity (Wildman–Crippen MR) is 65.2 cm³/mol. The lowest BCUT2D eigenvalue weighted by molar-refractivity contribution is -0.138. The summed E-state index contributed by atoms with van der Waals surface area (Å²) in [5.74, 6) is -0.458. The molecule has 1 aliphatic carbocycles. The zero-order chi connectivity index (χ0) is 12.7. The molecule has 0 aromatic heterocycles. The van der Waals surface area contributed by atoms with Crippen LogP contribution in [0.4, 0.5) is 4.79 Å². The number of carbonyl (C=O) groups excluding carboxylic acids is 1. The first-order valence-electron chi connectivity index (χ1n) is 6.94. The van der Waals surface area contributed by atoms with E-state index in [9.17, 15) is 9.59 Å². The Hall–Kier alpha value is -1.26. The topological polar surface area (TPSA) is 69.6 Å². The lowest BCUT2D eigenvalue weighted by atomic mass is 9.88. The first-order valence-corrected chi connectivity index (χ1v) is 6.94. The second-order valence-electron chi connectivity index (χ2n) is 5.95. The van der Waals surface area contributed by atoms with E-state index in [-0.39, 0.29) is 30.5 Å². The molecule has 0 spiro atoms. The highest BCUT2D eigenvalue weighted by molar-refractivity contribution is 5.76. The maximum absolute atomic E-state index is 12.1. The molecule has 5 heteroatoms. The SMILES string of the molecule is O=C(O)CC1CC2CCC(C1)N2C(=O)NC1CC1. The van der Waals surface area contributed by atoms with Crippen molar-refractivity contribution in [1.29, 1.82) is 0 Å². The van der Waals surface area contributed by atoms with Crippen molar-refractivity contribution < 1.29 is 14.7 Å². The van der Waals surface area contributed by atoms with Gasteiger partial charge >= 0.3 is 12.0 Å². The summed E-state index contributed by atoms with van der Waals surface area (Å²) in [6.07, 6.45) is 6.28. The molecule has 1 saturated carbocycles. The molecule has 2 amide bonds. The van der Waals surface area contributed by atoms with Crippen molar-refractivity contribution in [3.8, 4) is 0 Å². The maximum Gasteiger partial charge on any atom is 0.318 e. The van der Waals surface area contributed by atoms with Crippen LogP contribution in [0, 0.1) is 5.92 Å². The molecule has 2 atom stereocenters. The zero-order valence-electron chi connectivity index (χ0n) is 10.5. The highest BCUT2D eigenvalue weighted by atomic mass is 16.4. The van der Waals surface area contributed by atoms with E-state index < -0.39 is 5.97 Å². The van der Waals surface area contributed by atoms with Crippen LogP contribution >= 0.6 is 0 Å². The molecule has 3 fully saturated rings. The molecule has 2 saturated heterocycles. The van der Waals surface area contributed by atoms with Gasteiger partial charge in [0, 0.05) is 24.5 Å². The summed E-state index contributed by atoms with van der Waals surface area (Å²) in [4.78, 5) is 24.9. The normalized spacial score (nSPS) is 34.4. The second-order valence-corrected chi connectivity index (χ2v) is 5.95. The number of fused-ring (bicyclic) bond motifs is 2. The minimum Gasteiger partial charge on any atom is -0.481 e. The smallest absolute Gasteiger partial charge is 0.318 e. The van der Waals surface area contributed by atoms with E-state index in [0.29, 0.717) is 6.04 Å². The number of carboxylic acids is 1. The quantitative estimate of drug-likeness (QED) is 0.801. The second kappa shape index (κ2) is 4.44. The standard InChI is InChI=1S/C13H20N2O3/c16-12(17)7-8-5-10-3-4-11(6-8)15(10)13(18)14-9-1-2-9/h8-11H,1-7H2,(H,14,18)(H,16,17). The van der Waals surface area contributed by atoms with Gasteiger partial charge in [-0.2, -0.15) is 0 Å². The summed E-state index contributed by atoms with van der Waals surface area (Å²) in [6, 6.07) is 1.02. The Morgan fingerprint density at radius 2 is 1.72 bits per heavy atom. The largest absolute Gasteiger partial charge is 0.481 e. The molecule has 18 heavy (non-hydrogen) atoms. The molecule has 5 nitrogen and oxygen atoms in total. The first-order chi connectivity index (χ1) is 8.63. The summed E-state index contributed by atoms with van der Waals surface area (Å²) < 4.78 is 0. The van der Waals surface area contributed by atoms with E-state index in [1.165, 1.54) is 0 Å². The van der Waals surface area contributed by atoms with Crippen molar-refractivity contribution >= 4 is 12.0 Å². The Morgan fingerprint density at radius 3 is 2.22 bits per heavy atom. The molecular weight excluding hydrogens is 232 g/mol. The number of aliphatic carboxylic acids is 1. The van der Waals surface area contributed by atoms with E-state index >= 15 is 0 Å².